The van der Waals surface area contributed by atoms with E-state index in [2.05, 4.69) is 15.5 Å². The van der Waals surface area contributed by atoms with E-state index in [-0.39, 0.29) is 5.91 Å². The van der Waals surface area contributed by atoms with Crippen molar-refractivity contribution in [2.24, 2.45) is 0 Å². The molecule has 0 aliphatic heterocycles. The fourth-order valence-corrected chi connectivity index (χ4v) is 4.18. The highest BCUT2D eigenvalue weighted by Crippen LogP contribution is 2.31. The predicted molar refractivity (Wildman–Crippen MR) is 121 cm³/mol. The van der Waals surface area contributed by atoms with Gasteiger partial charge in [0.25, 0.3) is 0 Å². The fourth-order valence-electron chi connectivity index (χ4n) is 3.15. The third-order valence-electron chi connectivity index (χ3n) is 4.56. The number of aromatic nitrogens is 3. The largest absolute Gasteiger partial charge is 0.467 e. The van der Waals surface area contributed by atoms with Gasteiger partial charge in [-0.05, 0) is 72.8 Å². The van der Waals surface area contributed by atoms with Gasteiger partial charge in [-0.25, -0.2) is 0 Å². The number of hydrogen-bond donors (Lipinski definition) is 1. The molecule has 0 atom stereocenters. The van der Waals surface area contributed by atoms with Crippen molar-refractivity contribution in [3.05, 3.63) is 83.3 Å². The average molecular weight is 453 g/mol. The molecule has 0 spiro atoms. The Morgan fingerprint density at radius 2 is 1.97 bits per heavy atom. The lowest BCUT2D eigenvalue weighted by molar-refractivity contribution is -0.120. The second-order valence-corrected chi connectivity index (χ2v) is 8.34. The first-order chi connectivity index (χ1) is 15.1. The molecule has 2 heterocycles. The number of benzene rings is 2. The number of rotatable bonds is 8. The predicted octanol–water partition coefficient (Wildman–Crippen LogP) is 5.07. The van der Waals surface area contributed by atoms with Crippen LogP contribution in [0.25, 0.3) is 11.4 Å². The van der Waals surface area contributed by atoms with Crippen molar-refractivity contribution >= 4 is 29.3 Å². The molecule has 4 aromatic rings. The zero-order valence-corrected chi connectivity index (χ0v) is 18.5. The molecule has 0 unspecified atom stereocenters. The number of nitrogens with zero attached hydrogens (tertiary/aromatic N) is 3. The van der Waals surface area contributed by atoms with Gasteiger partial charge in [-0.3, -0.25) is 9.36 Å². The monoisotopic (exact) mass is 452 g/mol. The van der Waals surface area contributed by atoms with Gasteiger partial charge in [0.2, 0.25) is 5.91 Å². The van der Waals surface area contributed by atoms with Crippen LogP contribution in [0.5, 0.6) is 0 Å². The van der Waals surface area contributed by atoms with Crippen molar-refractivity contribution in [1.29, 1.82) is 0 Å². The number of hydrogen-bond acceptors (Lipinski definition) is 5. The molecule has 4 rings (SSSR count). The Hall–Kier alpha value is -3.03. The summed E-state index contributed by atoms with van der Waals surface area (Å²) in [5.74, 6) is 1.55. The van der Waals surface area contributed by atoms with Crippen LogP contribution < -0.4 is 5.32 Å². The normalized spacial score (nSPS) is 10.9. The average Bonchev–Trinajstić information content (AvgIpc) is 3.40. The molecule has 0 fully saturated rings. The fraction of sp³-hybridized carbons (Fsp3) is 0.174. The van der Waals surface area contributed by atoms with E-state index in [1.807, 2.05) is 72.2 Å². The summed E-state index contributed by atoms with van der Waals surface area (Å²) in [6, 6.07) is 19.2. The Balaban J connectivity index is 1.64. The van der Waals surface area contributed by atoms with E-state index in [1.54, 1.807) is 6.26 Å². The van der Waals surface area contributed by atoms with Gasteiger partial charge in [-0.1, -0.05) is 23.7 Å². The van der Waals surface area contributed by atoms with Crippen LogP contribution in [-0.4, -0.2) is 27.2 Å². The summed E-state index contributed by atoms with van der Waals surface area (Å²) >= 11 is 7.55. The molecule has 8 heteroatoms. The minimum absolute atomic E-state index is 0.00987. The zero-order valence-electron chi connectivity index (χ0n) is 16.9. The highest BCUT2D eigenvalue weighted by Gasteiger charge is 2.17. The number of amides is 1. The first-order valence-corrected chi connectivity index (χ1v) is 11.1. The summed E-state index contributed by atoms with van der Waals surface area (Å²) in [4.78, 5) is 12.9. The van der Waals surface area contributed by atoms with Gasteiger partial charge in [-0.2, -0.15) is 0 Å². The van der Waals surface area contributed by atoms with Crippen molar-refractivity contribution in [3.8, 4) is 11.4 Å². The number of carbonyl (C=O) groups excluding carboxylic acids is 1. The number of nitrogens with one attached hydrogen (secondary N) is 1. The van der Waals surface area contributed by atoms with Crippen LogP contribution in [0.4, 0.5) is 0 Å². The Morgan fingerprint density at radius 1 is 1.13 bits per heavy atom. The van der Waals surface area contributed by atoms with Gasteiger partial charge in [-0.15, -0.1) is 10.2 Å². The topological polar surface area (TPSA) is 73.0 Å². The molecule has 1 N–H and O–H groups in total. The van der Waals surface area contributed by atoms with Crippen LogP contribution in [0.2, 0.25) is 5.02 Å². The molecular weight excluding hydrogens is 432 g/mol. The zero-order chi connectivity index (χ0) is 21.6. The lowest BCUT2D eigenvalue weighted by Crippen LogP contribution is -2.24. The van der Waals surface area contributed by atoms with E-state index >= 15 is 0 Å². The summed E-state index contributed by atoms with van der Waals surface area (Å²) < 4.78 is 7.57. The summed E-state index contributed by atoms with van der Waals surface area (Å²) in [5, 5.41) is 13.1. The second-order valence-electron chi connectivity index (χ2n) is 6.86. The van der Waals surface area contributed by atoms with Gasteiger partial charge < -0.3 is 9.73 Å². The van der Waals surface area contributed by atoms with Crippen LogP contribution in [0, 0.1) is 0 Å². The molecule has 0 aliphatic rings. The van der Waals surface area contributed by atoms with E-state index < -0.39 is 0 Å². The molecular formula is C23H21ClN4O2S. The minimum atomic E-state index is 0.00987. The van der Waals surface area contributed by atoms with E-state index in [4.69, 9.17) is 16.0 Å². The molecule has 0 radical (unpaired) electrons. The molecule has 0 saturated carbocycles. The maximum Gasteiger partial charge on any atom is 0.224 e. The quantitative estimate of drug-likeness (QED) is 0.404. The van der Waals surface area contributed by atoms with Gasteiger partial charge in [0.1, 0.15) is 5.76 Å². The van der Waals surface area contributed by atoms with Gasteiger partial charge >= 0.3 is 0 Å². The third-order valence-corrected chi connectivity index (χ3v) is 5.79. The Labute approximate surface area is 189 Å². The summed E-state index contributed by atoms with van der Waals surface area (Å²) in [5.41, 5.74) is 1.87. The highest BCUT2D eigenvalue weighted by atomic mass is 35.5. The van der Waals surface area contributed by atoms with E-state index in [0.29, 0.717) is 24.5 Å². The standard InChI is InChI=1S/C23H21ClN4O2S/c1-2-25-21(29)14-16-5-3-7-20(13-16)31-23-27-26-22(17-8-10-18(24)11-9-17)28(23)15-19-6-4-12-30-19/h3-13H,2,14-15H2,1H3,(H,25,29). The van der Waals surface area contributed by atoms with Crippen molar-refractivity contribution in [2.75, 3.05) is 6.54 Å². The van der Waals surface area contributed by atoms with Gasteiger partial charge in [0.05, 0.1) is 19.2 Å². The second kappa shape index (κ2) is 9.85. The van der Waals surface area contributed by atoms with Crippen LogP contribution in [0.1, 0.15) is 18.2 Å². The molecule has 0 saturated heterocycles. The van der Waals surface area contributed by atoms with Gasteiger partial charge in [0.15, 0.2) is 11.0 Å². The maximum atomic E-state index is 11.9. The molecule has 1 amide bonds. The molecule has 6 nitrogen and oxygen atoms in total. The van der Waals surface area contributed by atoms with Gasteiger partial charge in [0, 0.05) is 22.0 Å². The minimum Gasteiger partial charge on any atom is -0.467 e. The molecule has 31 heavy (non-hydrogen) atoms. The summed E-state index contributed by atoms with van der Waals surface area (Å²) in [7, 11) is 0. The first kappa shape index (κ1) is 21.2. The number of likely N-dealkylation sites (N-methyl/N-ethyl adjacent to an activating group) is 1. The van der Waals surface area contributed by atoms with E-state index in [1.165, 1.54) is 11.8 Å². The Kier molecular flexibility index (Phi) is 6.74. The summed E-state index contributed by atoms with van der Waals surface area (Å²) in [6.07, 6.45) is 2.00. The maximum absolute atomic E-state index is 11.9. The number of furan rings is 1. The van der Waals surface area contributed by atoms with Crippen LogP contribution in [-0.2, 0) is 17.8 Å². The van der Waals surface area contributed by atoms with Crippen molar-refractivity contribution in [1.82, 2.24) is 20.1 Å². The molecule has 2 aromatic carbocycles. The third kappa shape index (κ3) is 5.37. The molecule has 0 aliphatic carbocycles. The highest BCUT2D eigenvalue weighted by molar-refractivity contribution is 7.99. The lowest BCUT2D eigenvalue weighted by Gasteiger charge is -2.10. The van der Waals surface area contributed by atoms with Crippen LogP contribution in [0.15, 0.2) is 81.4 Å². The molecule has 158 valence electrons. The SMILES string of the molecule is CCNC(=O)Cc1cccc(Sc2nnc(-c3ccc(Cl)cc3)n2Cc2ccco2)c1. The summed E-state index contributed by atoms with van der Waals surface area (Å²) in [6.45, 7) is 3.03. The smallest absolute Gasteiger partial charge is 0.224 e. The van der Waals surface area contributed by atoms with E-state index in [0.717, 1.165) is 32.8 Å². The van der Waals surface area contributed by atoms with Crippen molar-refractivity contribution in [3.63, 3.8) is 0 Å². The molecule has 2 aromatic heterocycles. The van der Waals surface area contributed by atoms with Crippen molar-refractivity contribution < 1.29 is 9.21 Å². The molecule has 0 bridgehead atoms. The van der Waals surface area contributed by atoms with Crippen molar-refractivity contribution in [2.45, 2.75) is 29.9 Å². The Morgan fingerprint density at radius 3 is 2.71 bits per heavy atom. The van der Waals surface area contributed by atoms with Crippen LogP contribution in [0.3, 0.4) is 0 Å². The number of halogens is 1. The Bertz CT molecular complexity index is 1160. The first-order valence-electron chi connectivity index (χ1n) is 9.87. The number of carbonyl (C=O) groups is 1. The lowest BCUT2D eigenvalue weighted by atomic mass is 10.1. The van der Waals surface area contributed by atoms with Crippen LogP contribution >= 0.6 is 23.4 Å². The van der Waals surface area contributed by atoms with E-state index in [9.17, 15) is 4.79 Å².